The van der Waals surface area contributed by atoms with Gasteiger partial charge < -0.3 is 23.8 Å². The number of hydrogen-bond donors (Lipinski definition) is 0. The highest BCUT2D eigenvalue weighted by Crippen LogP contribution is 2.52. The van der Waals surface area contributed by atoms with E-state index in [1.165, 1.54) is 0 Å². The first-order valence-corrected chi connectivity index (χ1v) is 9.53. The largest absolute Gasteiger partial charge is 0.493 e. The molecule has 28 heavy (non-hydrogen) atoms. The van der Waals surface area contributed by atoms with Crippen molar-refractivity contribution < 1.29 is 23.8 Å². The molecule has 152 valence electrons. The highest BCUT2D eigenvalue weighted by atomic mass is 16.6. The molecule has 2 aliphatic rings. The molecule has 6 nitrogen and oxygen atoms in total. The first-order valence-electron chi connectivity index (χ1n) is 9.53. The molecule has 1 aliphatic carbocycles. The Kier molecular flexibility index (Phi) is 5.98. The van der Waals surface area contributed by atoms with Crippen molar-refractivity contribution in [1.29, 1.82) is 0 Å². The van der Waals surface area contributed by atoms with E-state index < -0.39 is 5.60 Å². The van der Waals surface area contributed by atoms with Crippen LogP contribution in [0.15, 0.2) is 46.8 Å². The van der Waals surface area contributed by atoms with Crippen LogP contribution in [0, 0.1) is 5.92 Å². The summed E-state index contributed by atoms with van der Waals surface area (Å²) in [5.41, 5.74) is 2.27. The third-order valence-electron chi connectivity index (χ3n) is 5.54. The summed E-state index contributed by atoms with van der Waals surface area (Å²) in [7, 11) is 6.54. The van der Waals surface area contributed by atoms with Crippen molar-refractivity contribution in [2.24, 2.45) is 11.1 Å². The Morgan fingerprint density at radius 1 is 1.11 bits per heavy atom. The molecule has 3 atom stereocenters. The van der Waals surface area contributed by atoms with Gasteiger partial charge in [-0.2, -0.15) is 0 Å². The molecule has 3 rings (SSSR count). The highest BCUT2D eigenvalue weighted by Gasteiger charge is 2.53. The number of ether oxygens (including phenoxy) is 4. The van der Waals surface area contributed by atoms with E-state index in [9.17, 15) is 0 Å². The van der Waals surface area contributed by atoms with Gasteiger partial charge in [0.1, 0.15) is 30.3 Å². The van der Waals surface area contributed by atoms with Gasteiger partial charge in [-0.15, -0.1) is 0 Å². The summed E-state index contributed by atoms with van der Waals surface area (Å²) < 4.78 is 23.3. The third kappa shape index (κ3) is 3.26. The minimum Gasteiger partial charge on any atom is -0.493 e. The minimum atomic E-state index is -0.630. The predicted octanol–water partition coefficient (Wildman–Crippen LogP) is 4.42. The summed E-state index contributed by atoms with van der Waals surface area (Å²) >= 11 is 0. The van der Waals surface area contributed by atoms with Crippen LogP contribution in [0.2, 0.25) is 0 Å². The molecule has 1 aliphatic heterocycles. The Bertz CT molecular complexity index is 813. The maximum Gasteiger partial charge on any atom is 0.161 e. The number of methoxy groups -OCH3 is 3. The van der Waals surface area contributed by atoms with Gasteiger partial charge in [-0.05, 0) is 35.8 Å². The Morgan fingerprint density at radius 3 is 2.46 bits per heavy atom. The van der Waals surface area contributed by atoms with E-state index in [0.717, 1.165) is 35.4 Å². The smallest absolute Gasteiger partial charge is 0.161 e. The second kappa shape index (κ2) is 8.27. The van der Waals surface area contributed by atoms with E-state index >= 15 is 0 Å². The molecule has 0 amide bonds. The number of rotatable bonds is 7. The molecule has 0 saturated carbocycles. The fraction of sp³-hybridized carbons (Fsp3) is 0.500. The second-order valence-corrected chi connectivity index (χ2v) is 7.03. The Balaban J connectivity index is 2.04. The van der Waals surface area contributed by atoms with Crippen LogP contribution in [0.5, 0.6) is 11.5 Å². The molecule has 1 saturated heterocycles. The Hall–Kier alpha value is -2.47. The fourth-order valence-electron chi connectivity index (χ4n) is 4.06. The van der Waals surface area contributed by atoms with Gasteiger partial charge >= 0.3 is 0 Å². The third-order valence-corrected chi connectivity index (χ3v) is 5.54. The molecule has 0 unspecified atom stereocenters. The van der Waals surface area contributed by atoms with Gasteiger partial charge in [-0.3, -0.25) is 0 Å². The zero-order valence-corrected chi connectivity index (χ0v) is 17.4. The summed E-state index contributed by atoms with van der Waals surface area (Å²) in [6.07, 6.45) is 5.80. The van der Waals surface area contributed by atoms with Gasteiger partial charge in [0.2, 0.25) is 0 Å². The molecule has 0 aromatic heterocycles. The van der Waals surface area contributed by atoms with Crippen molar-refractivity contribution in [3.63, 3.8) is 0 Å². The van der Waals surface area contributed by atoms with Gasteiger partial charge in [0.05, 0.1) is 14.2 Å². The van der Waals surface area contributed by atoms with Crippen LogP contribution in [-0.2, 0) is 14.3 Å². The SMILES string of the molecule is CCCC1=C[C@@]2(OC)C(=C/C1=N/OC)O[C@H](c1ccc(OC)c(OC)c1)[C@H]2C. The molecule has 1 aromatic carbocycles. The van der Waals surface area contributed by atoms with E-state index in [0.29, 0.717) is 11.5 Å². The lowest BCUT2D eigenvalue weighted by Crippen LogP contribution is -2.38. The molecule has 0 radical (unpaired) electrons. The lowest BCUT2D eigenvalue weighted by Gasteiger charge is -2.32. The monoisotopic (exact) mass is 387 g/mol. The standard InChI is InChI=1S/C22H29NO5/c1-7-8-16-13-22(26-5)14(2)21(28-20(22)12-17(16)23-27-6)15-9-10-18(24-3)19(11-15)25-4/h9-14,21H,7-8H2,1-6H3/b23-17-/t14-,21+,22+/m1/s1. The average molecular weight is 387 g/mol. The number of hydrogen-bond acceptors (Lipinski definition) is 6. The quantitative estimate of drug-likeness (QED) is 0.648. The van der Waals surface area contributed by atoms with E-state index in [1.54, 1.807) is 28.4 Å². The normalized spacial score (nSPS) is 27.6. The van der Waals surface area contributed by atoms with E-state index in [2.05, 4.69) is 25.1 Å². The van der Waals surface area contributed by atoms with E-state index in [1.807, 2.05) is 24.3 Å². The van der Waals surface area contributed by atoms with Crippen molar-refractivity contribution in [2.75, 3.05) is 28.4 Å². The molecule has 0 N–H and O–H groups in total. The summed E-state index contributed by atoms with van der Waals surface area (Å²) in [5.74, 6) is 2.17. The maximum atomic E-state index is 6.39. The van der Waals surface area contributed by atoms with Crippen molar-refractivity contribution in [2.45, 2.75) is 38.4 Å². The van der Waals surface area contributed by atoms with Crippen molar-refractivity contribution in [1.82, 2.24) is 0 Å². The Labute approximate surface area is 166 Å². The molecule has 1 fully saturated rings. The van der Waals surface area contributed by atoms with Crippen LogP contribution in [-0.4, -0.2) is 39.8 Å². The van der Waals surface area contributed by atoms with Crippen LogP contribution >= 0.6 is 0 Å². The van der Waals surface area contributed by atoms with Crippen LogP contribution < -0.4 is 9.47 Å². The van der Waals surface area contributed by atoms with Crippen LogP contribution in [0.25, 0.3) is 0 Å². The van der Waals surface area contributed by atoms with Gasteiger partial charge in [0, 0.05) is 19.1 Å². The fourth-order valence-corrected chi connectivity index (χ4v) is 4.06. The minimum absolute atomic E-state index is 0.0535. The van der Waals surface area contributed by atoms with Crippen LogP contribution in [0.3, 0.4) is 0 Å². The maximum absolute atomic E-state index is 6.39. The van der Waals surface area contributed by atoms with E-state index in [4.69, 9.17) is 23.8 Å². The summed E-state index contributed by atoms with van der Waals surface area (Å²) in [4.78, 5) is 5.04. The molecule has 1 aromatic rings. The summed E-state index contributed by atoms with van der Waals surface area (Å²) in [6, 6.07) is 5.86. The first-order chi connectivity index (χ1) is 13.5. The van der Waals surface area contributed by atoms with Gasteiger partial charge in [-0.1, -0.05) is 31.5 Å². The number of nitrogens with zero attached hydrogens (tertiary/aromatic N) is 1. The lowest BCUT2D eigenvalue weighted by molar-refractivity contribution is 0.0297. The van der Waals surface area contributed by atoms with Gasteiger partial charge in [0.15, 0.2) is 11.5 Å². The second-order valence-electron chi connectivity index (χ2n) is 7.03. The topological polar surface area (TPSA) is 58.5 Å². The van der Waals surface area contributed by atoms with Gasteiger partial charge in [0.25, 0.3) is 0 Å². The first kappa shape index (κ1) is 20.3. The lowest BCUT2D eigenvalue weighted by atomic mass is 9.78. The molecular weight excluding hydrogens is 358 g/mol. The van der Waals surface area contributed by atoms with Gasteiger partial charge in [-0.25, -0.2) is 0 Å². The Morgan fingerprint density at radius 2 is 1.86 bits per heavy atom. The van der Waals surface area contributed by atoms with Crippen molar-refractivity contribution in [3.8, 4) is 11.5 Å². The number of allylic oxidation sites excluding steroid dienone is 2. The number of fused-ring (bicyclic) bond motifs is 1. The molecule has 0 bridgehead atoms. The zero-order chi connectivity index (χ0) is 20.3. The molecule has 1 heterocycles. The van der Waals surface area contributed by atoms with Crippen molar-refractivity contribution >= 4 is 5.71 Å². The predicted molar refractivity (Wildman–Crippen MR) is 108 cm³/mol. The van der Waals surface area contributed by atoms with Crippen molar-refractivity contribution in [3.05, 3.63) is 47.2 Å². The summed E-state index contributed by atoms with van der Waals surface area (Å²) in [6.45, 7) is 4.29. The molecule has 6 heteroatoms. The summed E-state index contributed by atoms with van der Waals surface area (Å²) in [5, 5.41) is 4.18. The van der Waals surface area contributed by atoms with Crippen LogP contribution in [0.4, 0.5) is 0 Å². The number of oxime groups is 1. The zero-order valence-electron chi connectivity index (χ0n) is 17.4. The molecule has 0 spiro atoms. The average Bonchev–Trinajstić information content (AvgIpc) is 3.00. The highest BCUT2D eigenvalue weighted by molar-refractivity contribution is 6.09. The van der Waals surface area contributed by atoms with Crippen LogP contribution in [0.1, 0.15) is 38.4 Å². The van der Waals surface area contributed by atoms with E-state index in [-0.39, 0.29) is 12.0 Å². The molecular formula is C22H29NO5. The number of benzene rings is 1.